The fourth-order valence-corrected chi connectivity index (χ4v) is 2.72. The van der Waals surface area contributed by atoms with Crippen LogP contribution >= 0.6 is 22.6 Å². The third-order valence-corrected chi connectivity index (χ3v) is 3.97. The molecule has 2 amide bonds. The lowest BCUT2D eigenvalue weighted by atomic mass is 10.2. The zero-order valence-corrected chi connectivity index (χ0v) is 15.1. The van der Waals surface area contributed by atoms with E-state index in [1.54, 1.807) is 36.4 Å². The van der Waals surface area contributed by atoms with Crippen LogP contribution in [0.2, 0.25) is 0 Å². The van der Waals surface area contributed by atoms with Crippen molar-refractivity contribution in [1.82, 2.24) is 0 Å². The van der Waals surface area contributed by atoms with Gasteiger partial charge in [-0.3, -0.25) is 14.5 Å². The van der Waals surface area contributed by atoms with Gasteiger partial charge in [-0.05, 0) is 52.9 Å². The van der Waals surface area contributed by atoms with Crippen LogP contribution in [0.5, 0.6) is 0 Å². The van der Waals surface area contributed by atoms with Gasteiger partial charge in [0.05, 0.1) is 11.4 Å². The monoisotopic (exact) mass is 452 g/mol. The number of nitrogens with one attached hydrogen (secondary N) is 1. The van der Waals surface area contributed by atoms with E-state index in [2.05, 4.69) is 5.32 Å². The van der Waals surface area contributed by atoms with Gasteiger partial charge >= 0.3 is 5.97 Å². The fraction of sp³-hybridized carbons (Fsp3) is 0.118. The van der Waals surface area contributed by atoms with Crippen LogP contribution in [0.3, 0.4) is 0 Å². The van der Waals surface area contributed by atoms with E-state index in [4.69, 9.17) is 9.15 Å². The first-order valence-corrected chi connectivity index (χ1v) is 8.40. The molecule has 0 unspecified atom stereocenters. The summed E-state index contributed by atoms with van der Waals surface area (Å²) in [6, 6.07) is 10.4. The molecule has 1 aromatic carbocycles. The van der Waals surface area contributed by atoms with Crippen LogP contribution in [-0.2, 0) is 19.1 Å². The summed E-state index contributed by atoms with van der Waals surface area (Å²) >= 11 is 2.01. The summed E-state index contributed by atoms with van der Waals surface area (Å²) in [6.45, 7) is -0.575. The summed E-state index contributed by atoms with van der Waals surface area (Å²) in [7, 11) is 0. The molecule has 0 atom stereocenters. The van der Waals surface area contributed by atoms with Gasteiger partial charge in [0, 0.05) is 6.08 Å². The van der Waals surface area contributed by atoms with Crippen molar-refractivity contribution >= 4 is 57.8 Å². The van der Waals surface area contributed by atoms with E-state index in [1.807, 2.05) is 22.6 Å². The average Bonchev–Trinajstić information content (AvgIpc) is 3.02. The van der Waals surface area contributed by atoms with Crippen LogP contribution in [0, 0.1) is 3.77 Å². The molecule has 128 valence electrons. The summed E-state index contributed by atoms with van der Waals surface area (Å²) < 4.78 is 10.9. The number of para-hydroxylation sites is 2. The Bertz CT molecular complexity index is 858. The van der Waals surface area contributed by atoms with E-state index < -0.39 is 18.5 Å². The van der Waals surface area contributed by atoms with E-state index >= 15 is 0 Å². The van der Waals surface area contributed by atoms with E-state index in [0.29, 0.717) is 20.9 Å². The molecule has 0 fully saturated rings. The molecule has 8 heteroatoms. The van der Waals surface area contributed by atoms with E-state index in [9.17, 15) is 14.4 Å². The number of carbonyl (C=O) groups is 3. The Labute approximate surface area is 156 Å². The van der Waals surface area contributed by atoms with Gasteiger partial charge in [0.1, 0.15) is 12.3 Å². The first-order valence-electron chi connectivity index (χ1n) is 7.32. The lowest BCUT2D eigenvalue weighted by Gasteiger charge is -2.28. The highest BCUT2D eigenvalue weighted by atomic mass is 127. The van der Waals surface area contributed by atoms with Crippen LogP contribution in [-0.4, -0.2) is 30.9 Å². The summed E-state index contributed by atoms with van der Waals surface area (Å²) in [6.07, 6.45) is 2.64. The predicted molar refractivity (Wildman–Crippen MR) is 98.8 cm³/mol. The average molecular weight is 452 g/mol. The van der Waals surface area contributed by atoms with Gasteiger partial charge in [0.15, 0.2) is 10.4 Å². The van der Waals surface area contributed by atoms with Crippen molar-refractivity contribution in [3.05, 3.63) is 52.0 Å². The number of fused-ring (bicyclic) bond motifs is 1. The summed E-state index contributed by atoms with van der Waals surface area (Å²) in [5, 5.41) is 2.69. The number of nitrogens with zero attached hydrogens (tertiary/aromatic N) is 1. The summed E-state index contributed by atoms with van der Waals surface area (Å²) in [5.74, 6) is -0.939. The van der Waals surface area contributed by atoms with Crippen molar-refractivity contribution in [2.75, 3.05) is 23.4 Å². The smallest absolute Gasteiger partial charge is 0.331 e. The number of rotatable bonds is 4. The van der Waals surface area contributed by atoms with Crippen molar-refractivity contribution < 1.29 is 23.5 Å². The normalized spacial score (nSPS) is 13.5. The molecule has 3 rings (SSSR count). The second-order valence-corrected chi connectivity index (χ2v) is 6.19. The lowest BCUT2D eigenvalue weighted by Crippen LogP contribution is -2.43. The quantitative estimate of drug-likeness (QED) is 0.438. The van der Waals surface area contributed by atoms with Crippen molar-refractivity contribution in [1.29, 1.82) is 0 Å². The van der Waals surface area contributed by atoms with E-state index in [1.165, 1.54) is 17.1 Å². The number of hydrogen-bond acceptors (Lipinski definition) is 5. The maximum absolute atomic E-state index is 12.3. The minimum absolute atomic E-state index is 0.117. The highest BCUT2D eigenvalue weighted by Gasteiger charge is 2.26. The van der Waals surface area contributed by atoms with Gasteiger partial charge in [0.25, 0.3) is 5.91 Å². The number of amides is 2. The Kier molecular flexibility index (Phi) is 5.17. The maximum Gasteiger partial charge on any atom is 0.331 e. The molecular weight excluding hydrogens is 439 g/mol. The van der Waals surface area contributed by atoms with Crippen molar-refractivity contribution in [2.24, 2.45) is 0 Å². The molecule has 25 heavy (non-hydrogen) atoms. The van der Waals surface area contributed by atoms with E-state index in [0.717, 1.165) is 0 Å². The Morgan fingerprint density at radius 3 is 2.84 bits per heavy atom. The Hall–Kier alpha value is -2.62. The second kappa shape index (κ2) is 7.51. The number of anilines is 2. The zero-order chi connectivity index (χ0) is 17.8. The molecule has 2 aromatic rings. The molecule has 7 nitrogen and oxygen atoms in total. The number of ether oxygens (including phenoxy) is 1. The number of esters is 1. The van der Waals surface area contributed by atoms with Crippen molar-refractivity contribution in [3.63, 3.8) is 0 Å². The number of carbonyl (C=O) groups excluding carboxylic acids is 3. The van der Waals surface area contributed by atoms with Gasteiger partial charge in [-0.15, -0.1) is 0 Å². The Balaban J connectivity index is 1.60. The molecule has 0 saturated carbocycles. The van der Waals surface area contributed by atoms with Gasteiger partial charge in [-0.2, -0.15) is 0 Å². The first-order chi connectivity index (χ1) is 12.0. The largest absolute Gasteiger partial charge is 0.452 e. The SMILES string of the molecule is O=C1CN(C(=O)COC(=O)/C=C/c2ccc(I)o2)c2ccccc2N1. The van der Waals surface area contributed by atoms with Crippen LogP contribution < -0.4 is 10.2 Å². The minimum atomic E-state index is -0.672. The molecule has 1 aromatic heterocycles. The number of furan rings is 1. The molecule has 1 aliphatic heterocycles. The van der Waals surface area contributed by atoms with Crippen molar-refractivity contribution in [2.45, 2.75) is 0 Å². The molecule has 0 saturated heterocycles. The first kappa shape index (κ1) is 17.2. The third kappa shape index (κ3) is 4.27. The van der Waals surface area contributed by atoms with Gasteiger partial charge in [-0.1, -0.05) is 12.1 Å². The topological polar surface area (TPSA) is 88.8 Å². The van der Waals surface area contributed by atoms with Gasteiger partial charge in [0.2, 0.25) is 5.91 Å². The highest BCUT2D eigenvalue weighted by molar-refractivity contribution is 14.1. The third-order valence-electron chi connectivity index (χ3n) is 3.39. The molecule has 0 spiro atoms. The lowest BCUT2D eigenvalue weighted by molar-refractivity contribution is -0.143. The molecule has 0 aliphatic carbocycles. The Morgan fingerprint density at radius 1 is 1.28 bits per heavy atom. The number of hydrogen-bond donors (Lipinski definition) is 1. The maximum atomic E-state index is 12.3. The van der Waals surface area contributed by atoms with Crippen molar-refractivity contribution in [3.8, 4) is 0 Å². The molecule has 0 bridgehead atoms. The van der Waals surface area contributed by atoms with Crippen LogP contribution in [0.1, 0.15) is 5.76 Å². The Morgan fingerprint density at radius 2 is 2.08 bits per heavy atom. The summed E-state index contributed by atoms with van der Waals surface area (Å²) in [5.41, 5.74) is 1.12. The van der Waals surface area contributed by atoms with Gasteiger partial charge < -0.3 is 14.5 Å². The molecule has 1 aliphatic rings. The second-order valence-electron chi connectivity index (χ2n) is 5.13. The fourth-order valence-electron chi connectivity index (χ4n) is 2.28. The molecule has 0 radical (unpaired) electrons. The molecule has 2 heterocycles. The molecular formula is C17H13IN2O5. The minimum Gasteiger partial charge on any atom is -0.452 e. The standard InChI is InChI=1S/C17H13IN2O5/c18-14-7-5-11(25-14)6-8-17(23)24-10-16(22)20-9-15(21)19-12-3-1-2-4-13(12)20/h1-8H,9-10H2,(H,19,21)/b8-6+. The van der Waals surface area contributed by atoms with Crippen LogP contribution in [0.25, 0.3) is 6.08 Å². The van der Waals surface area contributed by atoms with E-state index in [-0.39, 0.29) is 12.5 Å². The highest BCUT2D eigenvalue weighted by Crippen LogP contribution is 2.28. The number of halogens is 1. The zero-order valence-electron chi connectivity index (χ0n) is 12.9. The van der Waals surface area contributed by atoms with Crippen LogP contribution in [0.15, 0.2) is 46.9 Å². The number of benzene rings is 1. The van der Waals surface area contributed by atoms with Crippen LogP contribution in [0.4, 0.5) is 11.4 Å². The predicted octanol–water partition coefficient (Wildman–Crippen LogP) is 2.43. The summed E-state index contributed by atoms with van der Waals surface area (Å²) in [4.78, 5) is 37.0. The van der Waals surface area contributed by atoms with Gasteiger partial charge in [-0.25, -0.2) is 4.79 Å². The molecule has 1 N–H and O–H groups in total.